The van der Waals surface area contributed by atoms with Crippen LogP contribution in [0.2, 0.25) is 0 Å². The number of hydrogen-bond donors (Lipinski definition) is 1. The smallest absolute Gasteiger partial charge is 0.133 e. The molecule has 2 aromatic rings. The Bertz CT molecular complexity index is 575. The summed E-state index contributed by atoms with van der Waals surface area (Å²) in [6.45, 7) is 9.52. The first-order valence-corrected chi connectivity index (χ1v) is 8.15. The van der Waals surface area contributed by atoms with Gasteiger partial charge in [-0.1, -0.05) is 13.8 Å². The zero-order valence-electron chi connectivity index (χ0n) is 12.8. The fourth-order valence-electron chi connectivity index (χ4n) is 2.12. The van der Waals surface area contributed by atoms with Crippen molar-refractivity contribution in [2.75, 3.05) is 11.9 Å². The first-order valence-electron chi connectivity index (χ1n) is 7.33. The van der Waals surface area contributed by atoms with Crippen LogP contribution >= 0.6 is 11.3 Å². The van der Waals surface area contributed by atoms with Crippen molar-refractivity contribution in [3.05, 3.63) is 28.4 Å². The molecule has 0 spiro atoms. The van der Waals surface area contributed by atoms with E-state index in [2.05, 4.69) is 50.1 Å². The number of thiophene rings is 1. The standard InChI is InChI=1S/C16H23N3S/c1-5-7-14-18-15(13-9-8-11(3)20-13)12(4)16(19-14)17-10-6-2/h8-9H,5-7,10H2,1-4H3,(H,17,18,19). The molecule has 3 nitrogen and oxygen atoms in total. The molecule has 0 aliphatic heterocycles. The lowest BCUT2D eigenvalue weighted by Crippen LogP contribution is -2.08. The summed E-state index contributed by atoms with van der Waals surface area (Å²) >= 11 is 1.80. The summed E-state index contributed by atoms with van der Waals surface area (Å²) < 4.78 is 0. The zero-order valence-corrected chi connectivity index (χ0v) is 13.6. The van der Waals surface area contributed by atoms with Crippen molar-refractivity contribution in [2.24, 2.45) is 0 Å². The van der Waals surface area contributed by atoms with Gasteiger partial charge in [0.15, 0.2) is 0 Å². The number of nitrogens with one attached hydrogen (secondary N) is 1. The quantitative estimate of drug-likeness (QED) is 0.844. The molecule has 0 unspecified atom stereocenters. The van der Waals surface area contributed by atoms with Crippen LogP contribution in [0.3, 0.4) is 0 Å². The molecular weight excluding hydrogens is 266 g/mol. The molecule has 0 aromatic carbocycles. The van der Waals surface area contributed by atoms with E-state index in [-0.39, 0.29) is 0 Å². The first-order chi connectivity index (χ1) is 9.65. The largest absolute Gasteiger partial charge is 0.370 e. The molecule has 0 amide bonds. The van der Waals surface area contributed by atoms with Crippen LogP contribution < -0.4 is 5.32 Å². The van der Waals surface area contributed by atoms with Crippen LogP contribution in [0.4, 0.5) is 5.82 Å². The van der Waals surface area contributed by atoms with Crippen LogP contribution in [0, 0.1) is 13.8 Å². The monoisotopic (exact) mass is 289 g/mol. The summed E-state index contributed by atoms with van der Waals surface area (Å²) in [5.74, 6) is 1.93. The van der Waals surface area contributed by atoms with E-state index in [1.54, 1.807) is 11.3 Å². The van der Waals surface area contributed by atoms with Crippen LogP contribution in [-0.4, -0.2) is 16.5 Å². The van der Waals surface area contributed by atoms with Crippen molar-refractivity contribution in [1.82, 2.24) is 9.97 Å². The van der Waals surface area contributed by atoms with Crippen molar-refractivity contribution < 1.29 is 0 Å². The summed E-state index contributed by atoms with van der Waals surface area (Å²) in [7, 11) is 0. The van der Waals surface area contributed by atoms with Crippen molar-refractivity contribution in [1.29, 1.82) is 0 Å². The van der Waals surface area contributed by atoms with Gasteiger partial charge in [-0.2, -0.15) is 0 Å². The number of aromatic nitrogens is 2. The second kappa shape index (κ2) is 6.84. The summed E-state index contributed by atoms with van der Waals surface area (Å²) in [5, 5.41) is 3.43. The summed E-state index contributed by atoms with van der Waals surface area (Å²) in [5.41, 5.74) is 2.24. The minimum absolute atomic E-state index is 0.929. The molecule has 2 aromatic heterocycles. The lowest BCUT2D eigenvalue weighted by Gasteiger charge is -2.12. The molecule has 108 valence electrons. The van der Waals surface area contributed by atoms with Crippen LogP contribution in [0.25, 0.3) is 10.6 Å². The third-order valence-electron chi connectivity index (χ3n) is 3.18. The molecule has 0 saturated carbocycles. The summed E-state index contributed by atoms with van der Waals surface area (Å²) in [4.78, 5) is 12.0. The van der Waals surface area contributed by atoms with Crippen molar-refractivity contribution >= 4 is 17.2 Å². The third kappa shape index (κ3) is 3.37. The van der Waals surface area contributed by atoms with Gasteiger partial charge < -0.3 is 5.32 Å². The molecule has 0 saturated heterocycles. The minimum Gasteiger partial charge on any atom is -0.370 e. The number of hydrogen-bond acceptors (Lipinski definition) is 4. The van der Waals surface area contributed by atoms with E-state index in [0.29, 0.717) is 0 Å². The molecule has 0 radical (unpaired) electrons. The minimum atomic E-state index is 0.929. The molecule has 4 heteroatoms. The van der Waals surface area contributed by atoms with Crippen LogP contribution in [0.5, 0.6) is 0 Å². The number of rotatable bonds is 6. The zero-order chi connectivity index (χ0) is 14.5. The highest BCUT2D eigenvalue weighted by atomic mass is 32.1. The number of aryl methyl sites for hydroxylation is 2. The predicted molar refractivity (Wildman–Crippen MR) is 87.6 cm³/mol. The molecule has 0 aliphatic carbocycles. The van der Waals surface area contributed by atoms with Gasteiger partial charge >= 0.3 is 0 Å². The molecule has 20 heavy (non-hydrogen) atoms. The fourth-order valence-corrected chi connectivity index (χ4v) is 3.03. The lowest BCUT2D eigenvalue weighted by molar-refractivity contribution is 0.830. The van der Waals surface area contributed by atoms with E-state index in [9.17, 15) is 0 Å². The lowest BCUT2D eigenvalue weighted by atomic mass is 10.2. The van der Waals surface area contributed by atoms with E-state index < -0.39 is 0 Å². The summed E-state index contributed by atoms with van der Waals surface area (Å²) in [6.07, 6.45) is 3.09. The maximum absolute atomic E-state index is 4.77. The highest BCUT2D eigenvalue weighted by Gasteiger charge is 2.13. The average Bonchev–Trinajstić information content (AvgIpc) is 2.85. The van der Waals surface area contributed by atoms with Crippen molar-refractivity contribution in [3.8, 4) is 10.6 Å². The van der Waals surface area contributed by atoms with Crippen LogP contribution in [0.1, 0.15) is 43.0 Å². The Labute approximate surface area is 125 Å². The Morgan fingerprint density at radius 2 is 1.90 bits per heavy atom. The van der Waals surface area contributed by atoms with Crippen LogP contribution in [0.15, 0.2) is 12.1 Å². The molecule has 2 rings (SSSR count). The van der Waals surface area contributed by atoms with Gasteiger partial charge in [0.05, 0.1) is 10.6 Å². The van der Waals surface area contributed by atoms with Gasteiger partial charge in [-0.05, 0) is 38.8 Å². The summed E-state index contributed by atoms with van der Waals surface area (Å²) in [6, 6.07) is 4.31. The predicted octanol–water partition coefficient (Wildman–Crippen LogP) is 4.60. The van der Waals surface area contributed by atoms with Gasteiger partial charge in [0.1, 0.15) is 11.6 Å². The number of nitrogens with zero attached hydrogens (tertiary/aromatic N) is 2. The molecular formula is C16H23N3S. The normalized spacial score (nSPS) is 10.8. The van der Waals surface area contributed by atoms with Gasteiger partial charge in [-0.15, -0.1) is 11.3 Å². The van der Waals surface area contributed by atoms with E-state index in [4.69, 9.17) is 4.98 Å². The average molecular weight is 289 g/mol. The maximum atomic E-state index is 4.77. The third-order valence-corrected chi connectivity index (χ3v) is 4.19. The first kappa shape index (κ1) is 15.0. The SMILES string of the molecule is CCCNc1nc(CCC)nc(-c2ccc(C)s2)c1C. The second-order valence-corrected chi connectivity index (χ2v) is 6.34. The Balaban J connectivity index is 2.45. The highest BCUT2D eigenvalue weighted by Crippen LogP contribution is 2.31. The van der Waals surface area contributed by atoms with Gasteiger partial charge in [0.25, 0.3) is 0 Å². The van der Waals surface area contributed by atoms with Gasteiger partial charge in [-0.3, -0.25) is 0 Å². The van der Waals surface area contributed by atoms with E-state index in [1.165, 1.54) is 9.75 Å². The van der Waals surface area contributed by atoms with E-state index in [0.717, 1.165) is 48.7 Å². The molecule has 2 heterocycles. The Morgan fingerprint density at radius 3 is 2.50 bits per heavy atom. The van der Waals surface area contributed by atoms with Gasteiger partial charge in [-0.25, -0.2) is 9.97 Å². The topological polar surface area (TPSA) is 37.8 Å². The Morgan fingerprint density at radius 1 is 1.10 bits per heavy atom. The van der Waals surface area contributed by atoms with Crippen LogP contribution in [-0.2, 0) is 6.42 Å². The van der Waals surface area contributed by atoms with E-state index >= 15 is 0 Å². The number of anilines is 1. The highest BCUT2D eigenvalue weighted by molar-refractivity contribution is 7.15. The van der Waals surface area contributed by atoms with Gasteiger partial charge in [0.2, 0.25) is 0 Å². The molecule has 0 bridgehead atoms. The molecule has 0 aliphatic rings. The second-order valence-electron chi connectivity index (χ2n) is 5.05. The fraction of sp³-hybridized carbons (Fsp3) is 0.500. The Hall–Kier alpha value is -1.42. The maximum Gasteiger partial charge on any atom is 0.133 e. The van der Waals surface area contributed by atoms with Crippen molar-refractivity contribution in [3.63, 3.8) is 0 Å². The molecule has 1 N–H and O–H groups in total. The van der Waals surface area contributed by atoms with Gasteiger partial charge in [0, 0.05) is 23.4 Å². The van der Waals surface area contributed by atoms with Crippen molar-refractivity contribution in [2.45, 2.75) is 47.0 Å². The Kier molecular flexibility index (Phi) is 5.12. The molecule has 0 atom stereocenters. The van der Waals surface area contributed by atoms with E-state index in [1.807, 2.05) is 0 Å². The molecule has 0 fully saturated rings.